The monoisotopic (exact) mass is 375 g/mol. The van der Waals surface area contributed by atoms with Crippen LogP contribution in [0.4, 0.5) is 4.39 Å². The Morgan fingerprint density at radius 3 is 2.61 bits per heavy atom. The minimum Gasteiger partial charge on any atom is -0.342 e. The molecule has 0 atom stereocenters. The van der Waals surface area contributed by atoms with E-state index in [9.17, 15) is 9.18 Å². The molecule has 0 fully saturated rings. The number of halogens is 1. The SMILES string of the molecule is O=C(NOCc1ccccc1)c1cc2ccn(Cc3ccc(F)cc3)c2cn1. The first-order valence-electron chi connectivity index (χ1n) is 8.84. The van der Waals surface area contributed by atoms with E-state index >= 15 is 0 Å². The fourth-order valence-corrected chi connectivity index (χ4v) is 2.95. The number of rotatable bonds is 6. The van der Waals surface area contributed by atoms with Gasteiger partial charge in [-0.05, 0) is 35.4 Å². The molecule has 2 aromatic heterocycles. The molecule has 0 saturated heterocycles. The van der Waals surface area contributed by atoms with E-state index in [1.165, 1.54) is 12.1 Å². The minimum absolute atomic E-state index is 0.257. The molecule has 1 amide bonds. The number of pyridine rings is 1. The van der Waals surface area contributed by atoms with E-state index in [1.807, 2.05) is 47.2 Å². The van der Waals surface area contributed by atoms with Crippen LogP contribution in [0.3, 0.4) is 0 Å². The second-order valence-corrected chi connectivity index (χ2v) is 6.40. The Labute approximate surface area is 161 Å². The van der Waals surface area contributed by atoms with Crippen LogP contribution in [-0.2, 0) is 18.0 Å². The number of fused-ring (bicyclic) bond motifs is 1. The molecule has 0 bridgehead atoms. The molecule has 6 heteroatoms. The van der Waals surface area contributed by atoms with Crippen LogP contribution in [0.5, 0.6) is 0 Å². The van der Waals surface area contributed by atoms with E-state index in [0.717, 1.165) is 22.0 Å². The van der Waals surface area contributed by atoms with Gasteiger partial charge in [0.2, 0.25) is 0 Å². The number of amides is 1. The van der Waals surface area contributed by atoms with Crippen molar-refractivity contribution in [2.45, 2.75) is 13.2 Å². The van der Waals surface area contributed by atoms with Crippen LogP contribution in [0.2, 0.25) is 0 Å². The summed E-state index contributed by atoms with van der Waals surface area (Å²) in [4.78, 5) is 21.8. The molecular weight excluding hydrogens is 357 g/mol. The normalized spacial score (nSPS) is 10.9. The van der Waals surface area contributed by atoms with Crippen molar-refractivity contribution < 1.29 is 14.0 Å². The van der Waals surface area contributed by atoms with E-state index in [0.29, 0.717) is 6.54 Å². The van der Waals surface area contributed by atoms with Gasteiger partial charge in [-0.3, -0.25) is 9.63 Å². The van der Waals surface area contributed by atoms with Gasteiger partial charge in [-0.25, -0.2) is 14.9 Å². The molecule has 0 aliphatic carbocycles. The van der Waals surface area contributed by atoms with Gasteiger partial charge < -0.3 is 4.57 Å². The molecule has 5 nitrogen and oxygen atoms in total. The molecule has 0 saturated carbocycles. The van der Waals surface area contributed by atoms with Crippen LogP contribution in [0.25, 0.3) is 10.9 Å². The van der Waals surface area contributed by atoms with Crippen LogP contribution in [0.1, 0.15) is 21.6 Å². The van der Waals surface area contributed by atoms with Gasteiger partial charge in [0, 0.05) is 18.1 Å². The van der Waals surface area contributed by atoms with Gasteiger partial charge in [-0.2, -0.15) is 0 Å². The maximum atomic E-state index is 13.1. The van der Waals surface area contributed by atoms with Crippen molar-refractivity contribution in [1.29, 1.82) is 0 Å². The lowest BCUT2D eigenvalue weighted by Crippen LogP contribution is -2.24. The fraction of sp³-hybridized carbons (Fsp3) is 0.0909. The molecule has 0 spiro atoms. The van der Waals surface area contributed by atoms with Crippen molar-refractivity contribution in [3.05, 3.63) is 102 Å². The number of hydroxylamine groups is 1. The number of aromatic nitrogens is 2. The number of hydrogen-bond donors (Lipinski definition) is 1. The average Bonchev–Trinajstić information content (AvgIpc) is 3.12. The topological polar surface area (TPSA) is 56.1 Å². The zero-order valence-corrected chi connectivity index (χ0v) is 15.0. The van der Waals surface area contributed by atoms with E-state index in [2.05, 4.69) is 10.5 Å². The van der Waals surface area contributed by atoms with E-state index in [-0.39, 0.29) is 18.1 Å². The Balaban J connectivity index is 1.43. The highest BCUT2D eigenvalue weighted by Gasteiger charge is 2.10. The Morgan fingerprint density at radius 1 is 1.04 bits per heavy atom. The molecule has 0 radical (unpaired) electrons. The number of carbonyl (C=O) groups is 1. The smallest absolute Gasteiger partial charge is 0.293 e. The molecule has 4 rings (SSSR count). The molecule has 4 aromatic rings. The largest absolute Gasteiger partial charge is 0.342 e. The van der Waals surface area contributed by atoms with Crippen molar-refractivity contribution in [3.63, 3.8) is 0 Å². The molecule has 2 aromatic carbocycles. The molecule has 140 valence electrons. The van der Waals surface area contributed by atoms with Gasteiger partial charge >= 0.3 is 0 Å². The fourth-order valence-electron chi connectivity index (χ4n) is 2.95. The third-order valence-corrected chi connectivity index (χ3v) is 4.40. The van der Waals surface area contributed by atoms with E-state index < -0.39 is 5.91 Å². The molecular formula is C22H18FN3O2. The molecule has 0 unspecified atom stereocenters. The lowest BCUT2D eigenvalue weighted by Gasteiger charge is -2.07. The zero-order chi connectivity index (χ0) is 19.3. The van der Waals surface area contributed by atoms with Gasteiger partial charge in [0.25, 0.3) is 5.91 Å². The Kier molecular flexibility index (Phi) is 5.12. The maximum Gasteiger partial charge on any atom is 0.293 e. The first-order chi connectivity index (χ1) is 13.7. The predicted octanol–water partition coefficient (Wildman–Crippen LogP) is 4.09. The van der Waals surface area contributed by atoms with Gasteiger partial charge in [-0.1, -0.05) is 42.5 Å². The van der Waals surface area contributed by atoms with Crippen molar-refractivity contribution >= 4 is 16.8 Å². The van der Waals surface area contributed by atoms with Crippen LogP contribution in [0, 0.1) is 5.82 Å². The quantitative estimate of drug-likeness (QED) is 0.517. The highest BCUT2D eigenvalue weighted by atomic mass is 19.1. The van der Waals surface area contributed by atoms with E-state index in [1.54, 1.807) is 24.4 Å². The molecule has 28 heavy (non-hydrogen) atoms. The number of hydrogen-bond acceptors (Lipinski definition) is 3. The summed E-state index contributed by atoms with van der Waals surface area (Å²) in [7, 11) is 0. The van der Waals surface area contributed by atoms with Gasteiger partial charge in [0.15, 0.2) is 0 Å². The van der Waals surface area contributed by atoms with Crippen LogP contribution < -0.4 is 5.48 Å². The summed E-state index contributed by atoms with van der Waals surface area (Å²) in [5.41, 5.74) is 5.54. The Hall–Kier alpha value is -3.51. The highest BCUT2D eigenvalue weighted by molar-refractivity contribution is 5.95. The molecule has 0 aliphatic heterocycles. The first kappa shape index (κ1) is 17.9. The van der Waals surface area contributed by atoms with Crippen LogP contribution >= 0.6 is 0 Å². The molecule has 0 aliphatic rings. The maximum absolute atomic E-state index is 13.1. The summed E-state index contributed by atoms with van der Waals surface area (Å²) in [6, 6.07) is 19.6. The second kappa shape index (κ2) is 8.02. The summed E-state index contributed by atoms with van der Waals surface area (Å²) in [6.45, 7) is 0.875. The van der Waals surface area contributed by atoms with Crippen molar-refractivity contribution in [1.82, 2.24) is 15.0 Å². The molecule has 2 heterocycles. The predicted molar refractivity (Wildman–Crippen MR) is 104 cm³/mol. The average molecular weight is 375 g/mol. The number of carbonyl (C=O) groups excluding carboxylic acids is 1. The minimum atomic E-state index is -0.399. The van der Waals surface area contributed by atoms with Crippen molar-refractivity contribution in [3.8, 4) is 0 Å². The van der Waals surface area contributed by atoms with Gasteiger partial charge in [-0.15, -0.1) is 0 Å². The number of nitrogens with zero attached hydrogens (tertiary/aromatic N) is 2. The van der Waals surface area contributed by atoms with E-state index in [4.69, 9.17) is 4.84 Å². The molecule has 1 N–H and O–H groups in total. The van der Waals surface area contributed by atoms with Crippen molar-refractivity contribution in [2.24, 2.45) is 0 Å². The lowest BCUT2D eigenvalue weighted by atomic mass is 10.2. The van der Waals surface area contributed by atoms with Crippen molar-refractivity contribution in [2.75, 3.05) is 0 Å². The Bertz CT molecular complexity index is 1090. The summed E-state index contributed by atoms with van der Waals surface area (Å²) in [5, 5.41) is 0.894. The van der Waals surface area contributed by atoms with Crippen LogP contribution in [-0.4, -0.2) is 15.5 Å². The summed E-state index contributed by atoms with van der Waals surface area (Å²) >= 11 is 0. The zero-order valence-electron chi connectivity index (χ0n) is 15.0. The standard InChI is InChI=1S/C22H18FN3O2/c23-19-8-6-16(7-9-19)14-26-11-10-18-12-20(24-13-21(18)26)22(27)25-28-15-17-4-2-1-3-5-17/h1-13H,14-15H2,(H,25,27). The summed E-state index contributed by atoms with van der Waals surface area (Å²) < 4.78 is 15.1. The van der Waals surface area contributed by atoms with Gasteiger partial charge in [0.1, 0.15) is 11.5 Å². The highest BCUT2D eigenvalue weighted by Crippen LogP contribution is 2.18. The lowest BCUT2D eigenvalue weighted by molar-refractivity contribution is 0.0229. The number of nitrogens with one attached hydrogen (secondary N) is 1. The first-order valence-corrected chi connectivity index (χ1v) is 8.84. The third kappa shape index (κ3) is 4.07. The van der Waals surface area contributed by atoms with Gasteiger partial charge in [0.05, 0.1) is 18.3 Å². The number of benzene rings is 2. The third-order valence-electron chi connectivity index (χ3n) is 4.40. The Morgan fingerprint density at radius 2 is 1.82 bits per heavy atom. The second-order valence-electron chi connectivity index (χ2n) is 6.40. The summed E-state index contributed by atoms with van der Waals surface area (Å²) in [5.74, 6) is -0.656. The van der Waals surface area contributed by atoms with Crippen LogP contribution in [0.15, 0.2) is 79.1 Å². The summed E-state index contributed by atoms with van der Waals surface area (Å²) in [6.07, 6.45) is 3.58.